The molecular formula is C20H22N4O4. The fourth-order valence-electron chi connectivity index (χ4n) is 3.06. The summed E-state index contributed by atoms with van der Waals surface area (Å²) in [6, 6.07) is 13.4. The van der Waals surface area contributed by atoms with Crippen molar-refractivity contribution >= 4 is 23.6 Å². The smallest absolute Gasteiger partial charge is 0.335 e. The van der Waals surface area contributed by atoms with Crippen molar-refractivity contribution in [2.24, 2.45) is 5.73 Å². The molecule has 146 valence electrons. The maximum Gasteiger partial charge on any atom is 0.335 e. The van der Waals surface area contributed by atoms with Gasteiger partial charge >= 0.3 is 12.0 Å². The predicted molar refractivity (Wildman–Crippen MR) is 104 cm³/mol. The van der Waals surface area contributed by atoms with E-state index in [2.05, 4.69) is 10.2 Å². The van der Waals surface area contributed by atoms with Crippen LogP contribution in [-0.4, -0.2) is 54.1 Å². The number of piperazine rings is 1. The van der Waals surface area contributed by atoms with E-state index in [1.54, 1.807) is 29.2 Å². The van der Waals surface area contributed by atoms with Gasteiger partial charge in [0.2, 0.25) is 5.91 Å². The van der Waals surface area contributed by atoms with E-state index in [0.29, 0.717) is 38.3 Å². The van der Waals surface area contributed by atoms with E-state index >= 15 is 0 Å². The van der Waals surface area contributed by atoms with Crippen LogP contribution in [0, 0.1) is 0 Å². The van der Waals surface area contributed by atoms with Gasteiger partial charge in [0.15, 0.2) is 0 Å². The second-order valence-corrected chi connectivity index (χ2v) is 6.55. The Morgan fingerprint density at radius 1 is 0.893 bits per heavy atom. The quantitative estimate of drug-likeness (QED) is 0.725. The van der Waals surface area contributed by atoms with Crippen LogP contribution in [0.3, 0.4) is 0 Å². The normalized spacial score (nSPS) is 13.9. The van der Waals surface area contributed by atoms with Gasteiger partial charge in [-0.1, -0.05) is 12.1 Å². The third-order valence-corrected chi connectivity index (χ3v) is 4.73. The lowest BCUT2D eigenvalue weighted by atomic mass is 10.1. The second-order valence-electron chi connectivity index (χ2n) is 6.55. The van der Waals surface area contributed by atoms with Gasteiger partial charge in [-0.05, 0) is 42.0 Å². The number of primary amides is 1. The number of benzene rings is 2. The van der Waals surface area contributed by atoms with E-state index < -0.39 is 11.9 Å². The Balaban J connectivity index is 1.48. The highest BCUT2D eigenvalue weighted by Crippen LogP contribution is 2.17. The lowest BCUT2D eigenvalue weighted by molar-refractivity contribution is 0.0696. The summed E-state index contributed by atoms with van der Waals surface area (Å²) in [4.78, 5) is 38.3. The van der Waals surface area contributed by atoms with Crippen LogP contribution in [0.2, 0.25) is 0 Å². The molecule has 8 nitrogen and oxygen atoms in total. The number of nitrogens with one attached hydrogen (secondary N) is 1. The minimum atomic E-state index is -0.974. The second kappa shape index (κ2) is 8.43. The van der Waals surface area contributed by atoms with E-state index in [4.69, 9.17) is 10.8 Å². The lowest BCUT2D eigenvalue weighted by Gasteiger charge is -2.36. The van der Waals surface area contributed by atoms with Crippen molar-refractivity contribution in [2.75, 3.05) is 31.1 Å². The Bertz CT molecular complexity index is 857. The zero-order valence-corrected chi connectivity index (χ0v) is 15.3. The molecule has 0 aromatic heterocycles. The maximum absolute atomic E-state index is 12.4. The van der Waals surface area contributed by atoms with Crippen molar-refractivity contribution in [3.63, 3.8) is 0 Å². The molecule has 0 saturated carbocycles. The number of anilines is 1. The van der Waals surface area contributed by atoms with E-state index in [1.165, 1.54) is 12.1 Å². The number of carbonyl (C=O) groups is 3. The van der Waals surface area contributed by atoms with Crippen molar-refractivity contribution < 1.29 is 19.5 Å². The molecule has 1 saturated heterocycles. The van der Waals surface area contributed by atoms with Gasteiger partial charge in [0.25, 0.3) is 0 Å². The summed E-state index contributed by atoms with van der Waals surface area (Å²) in [5.41, 5.74) is 7.77. The summed E-state index contributed by atoms with van der Waals surface area (Å²) in [6.07, 6.45) is 0. The largest absolute Gasteiger partial charge is 0.478 e. The summed E-state index contributed by atoms with van der Waals surface area (Å²) in [5.74, 6) is -1.43. The highest BCUT2D eigenvalue weighted by atomic mass is 16.4. The standard InChI is InChI=1S/C20H22N4O4/c21-18(25)15-5-7-17(8-6-15)23-9-11-24(12-10-23)20(28)22-13-14-1-3-16(4-2-14)19(26)27/h1-8H,9-13H2,(H2,21,25)(H,22,28)(H,26,27). The molecule has 2 aromatic rings. The SMILES string of the molecule is NC(=O)c1ccc(N2CCN(C(=O)NCc3ccc(C(=O)O)cc3)CC2)cc1. The highest BCUT2D eigenvalue weighted by Gasteiger charge is 2.21. The van der Waals surface area contributed by atoms with Crippen LogP contribution >= 0.6 is 0 Å². The number of nitrogens with two attached hydrogens (primary N) is 1. The first-order valence-corrected chi connectivity index (χ1v) is 8.94. The Labute approximate surface area is 162 Å². The molecule has 0 unspecified atom stereocenters. The number of urea groups is 1. The van der Waals surface area contributed by atoms with E-state index in [-0.39, 0.29) is 11.6 Å². The van der Waals surface area contributed by atoms with Crippen LogP contribution < -0.4 is 16.0 Å². The molecule has 4 N–H and O–H groups in total. The van der Waals surface area contributed by atoms with Gasteiger partial charge in [0, 0.05) is 44.0 Å². The predicted octanol–water partition coefficient (Wildman–Crippen LogP) is 1.52. The van der Waals surface area contributed by atoms with Crippen molar-refractivity contribution in [1.82, 2.24) is 10.2 Å². The van der Waals surface area contributed by atoms with Crippen LogP contribution in [0.4, 0.5) is 10.5 Å². The third-order valence-electron chi connectivity index (χ3n) is 4.73. The number of carboxylic acids is 1. The summed E-state index contributed by atoms with van der Waals surface area (Å²) >= 11 is 0. The van der Waals surface area contributed by atoms with Crippen LogP contribution in [0.5, 0.6) is 0 Å². The first-order valence-electron chi connectivity index (χ1n) is 8.94. The molecule has 1 heterocycles. The molecule has 2 aromatic carbocycles. The number of nitrogens with zero attached hydrogens (tertiary/aromatic N) is 2. The first-order chi connectivity index (χ1) is 13.4. The van der Waals surface area contributed by atoms with Gasteiger partial charge in [0.05, 0.1) is 5.56 Å². The Hall–Kier alpha value is -3.55. The Kier molecular flexibility index (Phi) is 5.78. The molecule has 1 aliphatic heterocycles. The fraction of sp³-hybridized carbons (Fsp3) is 0.250. The molecule has 0 radical (unpaired) electrons. The van der Waals surface area contributed by atoms with Crippen molar-refractivity contribution in [1.29, 1.82) is 0 Å². The number of amides is 3. The molecule has 1 fully saturated rings. The van der Waals surface area contributed by atoms with Gasteiger partial charge in [-0.25, -0.2) is 9.59 Å². The zero-order valence-electron chi connectivity index (χ0n) is 15.3. The number of hydrogen-bond acceptors (Lipinski definition) is 4. The fourth-order valence-corrected chi connectivity index (χ4v) is 3.06. The molecule has 8 heteroatoms. The lowest BCUT2D eigenvalue weighted by Crippen LogP contribution is -2.51. The summed E-state index contributed by atoms with van der Waals surface area (Å²) in [6.45, 7) is 2.89. The number of carboxylic acid groups (broad SMARTS) is 1. The molecule has 0 aliphatic carbocycles. The van der Waals surface area contributed by atoms with E-state index in [0.717, 1.165) is 11.3 Å². The van der Waals surface area contributed by atoms with Crippen LogP contribution in [-0.2, 0) is 6.54 Å². The van der Waals surface area contributed by atoms with Crippen molar-refractivity contribution in [3.8, 4) is 0 Å². The van der Waals surface area contributed by atoms with Gasteiger partial charge in [-0.3, -0.25) is 4.79 Å². The molecule has 3 rings (SSSR count). The number of aromatic carboxylic acids is 1. The molecule has 0 atom stereocenters. The summed E-state index contributed by atoms with van der Waals surface area (Å²) in [7, 11) is 0. The van der Waals surface area contributed by atoms with Gasteiger partial charge in [-0.15, -0.1) is 0 Å². The zero-order chi connectivity index (χ0) is 20.1. The van der Waals surface area contributed by atoms with Crippen molar-refractivity contribution in [3.05, 3.63) is 65.2 Å². The summed E-state index contributed by atoms with van der Waals surface area (Å²) < 4.78 is 0. The van der Waals surface area contributed by atoms with Crippen LogP contribution in [0.25, 0.3) is 0 Å². The molecule has 28 heavy (non-hydrogen) atoms. The molecule has 1 aliphatic rings. The minimum absolute atomic E-state index is 0.147. The minimum Gasteiger partial charge on any atom is -0.478 e. The van der Waals surface area contributed by atoms with E-state index in [9.17, 15) is 14.4 Å². The van der Waals surface area contributed by atoms with Crippen LogP contribution in [0.15, 0.2) is 48.5 Å². The first kappa shape index (κ1) is 19.2. The average Bonchev–Trinajstić information content (AvgIpc) is 2.72. The Morgan fingerprint density at radius 2 is 1.46 bits per heavy atom. The van der Waals surface area contributed by atoms with Crippen LogP contribution in [0.1, 0.15) is 26.3 Å². The Morgan fingerprint density at radius 3 is 2.00 bits per heavy atom. The number of carbonyl (C=O) groups excluding carboxylic acids is 2. The topological polar surface area (TPSA) is 116 Å². The monoisotopic (exact) mass is 382 g/mol. The third kappa shape index (κ3) is 4.59. The highest BCUT2D eigenvalue weighted by molar-refractivity contribution is 5.93. The average molecular weight is 382 g/mol. The van der Waals surface area contributed by atoms with E-state index in [1.807, 2.05) is 12.1 Å². The van der Waals surface area contributed by atoms with Gasteiger partial charge in [-0.2, -0.15) is 0 Å². The molecular weight excluding hydrogens is 360 g/mol. The number of rotatable bonds is 5. The number of hydrogen-bond donors (Lipinski definition) is 3. The van der Waals surface area contributed by atoms with Crippen molar-refractivity contribution in [2.45, 2.75) is 6.54 Å². The molecule has 3 amide bonds. The molecule has 0 bridgehead atoms. The van der Waals surface area contributed by atoms with Gasteiger partial charge in [0.1, 0.15) is 0 Å². The van der Waals surface area contributed by atoms with Gasteiger partial charge < -0.3 is 26.0 Å². The maximum atomic E-state index is 12.4. The summed E-state index contributed by atoms with van der Waals surface area (Å²) in [5, 5.41) is 11.8. The molecule has 0 spiro atoms.